The van der Waals surface area contributed by atoms with Crippen LogP contribution in [-0.2, 0) is 5.88 Å². The molecule has 0 N–H and O–H groups in total. The first kappa shape index (κ1) is 9.21. The van der Waals surface area contributed by atoms with Crippen LogP contribution in [0.5, 0.6) is 0 Å². The lowest BCUT2D eigenvalue weighted by molar-refractivity contribution is 0.965. The van der Waals surface area contributed by atoms with Gasteiger partial charge in [-0.15, -0.1) is 11.6 Å². The Hall–Kier alpha value is -1.35. The van der Waals surface area contributed by atoms with Crippen molar-refractivity contribution >= 4 is 11.6 Å². The SMILES string of the molecule is Cc1nc(-n2ccnc2)ccc1CCl. The lowest BCUT2D eigenvalue weighted by Crippen LogP contribution is -1.98. The topological polar surface area (TPSA) is 30.7 Å². The highest BCUT2D eigenvalue weighted by atomic mass is 35.5. The molecule has 0 aliphatic carbocycles. The zero-order valence-corrected chi connectivity index (χ0v) is 8.57. The molecule has 2 rings (SSSR count). The predicted molar refractivity (Wildman–Crippen MR) is 55.7 cm³/mol. The molecule has 0 aromatic carbocycles. The van der Waals surface area contributed by atoms with Gasteiger partial charge in [0.1, 0.15) is 12.1 Å². The molecule has 2 aromatic heterocycles. The molecule has 0 spiro atoms. The standard InChI is InChI=1S/C10H10ClN3/c1-8-9(6-11)2-3-10(13-8)14-5-4-12-7-14/h2-5,7H,6H2,1H3. The fourth-order valence-corrected chi connectivity index (χ4v) is 1.54. The average Bonchev–Trinajstić information content (AvgIpc) is 2.70. The molecule has 0 bridgehead atoms. The van der Waals surface area contributed by atoms with Crippen LogP contribution < -0.4 is 0 Å². The van der Waals surface area contributed by atoms with Crippen molar-refractivity contribution in [2.75, 3.05) is 0 Å². The van der Waals surface area contributed by atoms with Crippen LogP contribution in [0.4, 0.5) is 0 Å². The van der Waals surface area contributed by atoms with Crippen LogP contribution >= 0.6 is 11.6 Å². The molecule has 2 heterocycles. The summed E-state index contributed by atoms with van der Waals surface area (Å²) < 4.78 is 1.87. The van der Waals surface area contributed by atoms with Crippen LogP contribution in [0.1, 0.15) is 11.3 Å². The molecule has 0 fully saturated rings. The Bertz CT molecular complexity index is 423. The van der Waals surface area contributed by atoms with Gasteiger partial charge in [0.15, 0.2) is 0 Å². The highest BCUT2D eigenvalue weighted by molar-refractivity contribution is 6.17. The van der Waals surface area contributed by atoms with E-state index in [2.05, 4.69) is 9.97 Å². The number of rotatable bonds is 2. The van der Waals surface area contributed by atoms with E-state index >= 15 is 0 Å². The zero-order valence-electron chi connectivity index (χ0n) is 7.81. The third-order valence-corrected chi connectivity index (χ3v) is 2.38. The molecule has 0 saturated carbocycles. The van der Waals surface area contributed by atoms with Crippen LogP contribution in [0.2, 0.25) is 0 Å². The smallest absolute Gasteiger partial charge is 0.138 e. The third-order valence-electron chi connectivity index (χ3n) is 2.09. The van der Waals surface area contributed by atoms with Crippen molar-refractivity contribution in [3.63, 3.8) is 0 Å². The molecule has 0 saturated heterocycles. The molecule has 0 amide bonds. The molecule has 0 atom stereocenters. The molecular formula is C10H10ClN3. The number of hydrogen-bond acceptors (Lipinski definition) is 2. The Morgan fingerprint density at radius 1 is 1.43 bits per heavy atom. The molecule has 2 aromatic rings. The van der Waals surface area contributed by atoms with Gasteiger partial charge >= 0.3 is 0 Å². The minimum absolute atomic E-state index is 0.503. The van der Waals surface area contributed by atoms with Crippen molar-refractivity contribution in [2.24, 2.45) is 0 Å². The first-order valence-corrected chi connectivity index (χ1v) is 4.85. The summed E-state index contributed by atoms with van der Waals surface area (Å²) in [5.41, 5.74) is 2.03. The van der Waals surface area contributed by atoms with E-state index in [0.717, 1.165) is 17.1 Å². The first-order chi connectivity index (χ1) is 6.81. The Labute approximate surface area is 87.4 Å². The van der Waals surface area contributed by atoms with Gasteiger partial charge in [0, 0.05) is 24.0 Å². The van der Waals surface area contributed by atoms with Crippen LogP contribution in [0, 0.1) is 6.92 Å². The first-order valence-electron chi connectivity index (χ1n) is 4.32. The second-order valence-electron chi connectivity index (χ2n) is 3.02. The Morgan fingerprint density at radius 3 is 2.86 bits per heavy atom. The van der Waals surface area contributed by atoms with Crippen LogP contribution in [0.15, 0.2) is 30.9 Å². The molecule has 3 nitrogen and oxygen atoms in total. The summed E-state index contributed by atoms with van der Waals surface area (Å²) in [6.45, 7) is 1.96. The zero-order chi connectivity index (χ0) is 9.97. The van der Waals surface area contributed by atoms with Crippen molar-refractivity contribution in [1.29, 1.82) is 0 Å². The molecule has 14 heavy (non-hydrogen) atoms. The highest BCUT2D eigenvalue weighted by Crippen LogP contribution is 2.11. The van der Waals surface area contributed by atoms with E-state index in [1.54, 1.807) is 12.5 Å². The fraction of sp³-hybridized carbons (Fsp3) is 0.200. The summed E-state index contributed by atoms with van der Waals surface area (Å²) in [4.78, 5) is 8.39. The summed E-state index contributed by atoms with van der Waals surface area (Å²) in [7, 11) is 0. The summed E-state index contributed by atoms with van der Waals surface area (Å²) in [6, 6.07) is 3.93. The molecule has 0 radical (unpaired) electrons. The predicted octanol–water partition coefficient (Wildman–Crippen LogP) is 2.31. The van der Waals surface area contributed by atoms with E-state index < -0.39 is 0 Å². The minimum Gasteiger partial charge on any atom is -0.291 e. The van der Waals surface area contributed by atoms with E-state index in [4.69, 9.17) is 11.6 Å². The maximum Gasteiger partial charge on any atom is 0.138 e. The van der Waals surface area contributed by atoms with Crippen molar-refractivity contribution in [3.8, 4) is 5.82 Å². The molecule has 72 valence electrons. The maximum absolute atomic E-state index is 5.75. The Morgan fingerprint density at radius 2 is 2.29 bits per heavy atom. The van der Waals surface area contributed by atoms with Gasteiger partial charge in [-0.1, -0.05) is 6.07 Å². The van der Waals surface area contributed by atoms with Crippen molar-refractivity contribution in [1.82, 2.24) is 14.5 Å². The van der Waals surface area contributed by atoms with Gasteiger partial charge < -0.3 is 0 Å². The molecular weight excluding hydrogens is 198 g/mol. The van der Waals surface area contributed by atoms with Crippen LogP contribution in [0.25, 0.3) is 5.82 Å². The lowest BCUT2D eigenvalue weighted by atomic mass is 10.2. The summed E-state index contributed by atoms with van der Waals surface area (Å²) in [6.07, 6.45) is 5.32. The number of aromatic nitrogens is 3. The average molecular weight is 208 g/mol. The van der Waals surface area contributed by atoms with Gasteiger partial charge in [-0.2, -0.15) is 0 Å². The van der Waals surface area contributed by atoms with Crippen LogP contribution in [-0.4, -0.2) is 14.5 Å². The highest BCUT2D eigenvalue weighted by Gasteiger charge is 2.01. The van der Waals surface area contributed by atoms with Crippen molar-refractivity contribution in [2.45, 2.75) is 12.8 Å². The molecule has 0 aliphatic heterocycles. The van der Waals surface area contributed by atoms with E-state index in [-0.39, 0.29) is 0 Å². The number of pyridine rings is 1. The van der Waals surface area contributed by atoms with Crippen molar-refractivity contribution in [3.05, 3.63) is 42.1 Å². The molecule has 0 unspecified atom stereocenters. The van der Waals surface area contributed by atoms with E-state index in [9.17, 15) is 0 Å². The monoisotopic (exact) mass is 207 g/mol. The number of hydrogen-bond donors (Lipinski definition) is 0. The molecule has 0 aliphatic rings. The van der Waals surface area contributed by atoms with Crippen LogP contribution in [0.3, 0.4) is 0 Å². The van der Waals surface area contributed by atoms with Gasteiger partial charge in [-0.25, -0.2) is 9.97 Å². The quantitative estimate of drug-likeness (QED) is 0.708. The normalized spacial score (nSPS) is 10.4. The van der Waals surface area contributed by atoms with Gasteiger partial charge in [0.25, 0.3) is 0 Å². The second-order valence-corrected chi connectivity index (χ2v) is 3.28. The number of nitrogens with zero attached hydrogens (tertiary/aromatic N) is 3. The van der Waals surface area contributed by atoms with Crippen molar-refractivity contribution < 1.29 is 0 Å². The summed E-state index contributed by atoms with van der Waals surface area (Å²) in [5, 5.41) is 0. The fourth-order valence-electron chi connectivity index (χ4n) is 1.26. The summed E-state index contributed by atoms with van der Waals surface area (Å²) >= 11 is 5.75. The van der Waals surface area contributed by atoms with Gasteiger partial charge in [0.05, 0.1) is 0 Å². The lowest BCUT2D eigenvalue weighted by Gasteiger charge is -2.05. The number of alkyl halides is 1. The molecule has 4 heteroatoms. The van der Waals surface area contributed by atoms with Gasteiger partial charge in [-0.3, -0.25) is 4.57 Å². The maximum atomic E-state index is 5.75. The number of imidazole rings is 1. The Balaban J connectivity index is 2.43. The van der Waals surface area contributed by atoms with E-state index in [1.165, 1.54) is 0 Å². The van der Waals surface area contributed by atoms with Gasteiger partial charge in [-0.05, 0) is 18.6 Å². The van der Waals surface area contributed by atoms with Gasteiger partial charge in [0.2, 0.25) is 0 Å². The number of halogens is 1. The minimum atomic E-state index is 0.503. The largest absolute Gasteiger partial charge is 0.291 e. The van der Waals surface area contributed by atoms with E-state index in [1.807, 2.05) is 29.8 Å². The second kappa shape index (κ2) is 3.80. The van der Waals surface area contributed by atoms with E-state index in [0.29, 0.717) is 5.88 Å². The summed E-state index contributed by atoms with van der Waals surface area (Å²) in [5.74, 6) is 1.37. The Kier molecular flexibility index (Phi) is 2.50. The number of aryl methyl sites for hydroxylation is 1. The third kappa shape index (κ3) is 1.63.